The summed E-state index contributed by atoms with van der Waals surface area (Å²) in [5.41, 5.74) is 0.695. The minimum absolute atomic E-state index is 0.0746. The van der Waals surface area contributed by atoms with E-state index in [1.165, 1.54) is 12.1 Å². The lowest BCUT2D eigenvalue weighted by Crippen LogP contribution is -2.40. The summed E-state index contributed by atoms with van der Waals surface area (Å²) in [5, 5.41) is 0. The Kier molecular flexibility index (Phi) is 4.05. The van der Waals surface area contributed by atoms with Crippen molar-refractivity contribution in [2.24, 2.45) is 5.92 Å². The van der Waals surface area contributed by atoms with Gasteiger partial charge in [0, 0.05) is 0 Å². The van der Waals surface area contributed by atoms with E-state index in [-0.39, 0.29) is 28.5 Å². The molecule has 3 aliphatic heterocycles. The minimum atomic E-state index is -4.44. The Hall–Kier alpha value is -1.97. The van der Waals surface area contributed by atoms with E-state index in [4.69, 9.17) is 14.2 Å². The fourth-order valence-corrected chi connectivity index (χ4v) is 4.47. The fourth-order valence-electron chi connectivity index (χ4n) is 3.96. The van der Waals surface area contributed by atoms with Crippen molar-refractivity contribution in [3.8, 4) is 0 Å². The van der Waals surface area contributed by atoms with E-state index in [1.807, 2.05) is 6.92 Å². The Morgan fingerprint density at radius 2 is 2.12 bits per heavy atom. The lowest BCUT2D eigenvalue weighted by molar-refractivity contribution is -0.145. The third-order valence-corrected chi connectivity index (χ3v) is 5.99. The van der Waals surface area contributed by atoms with Crippen LogP contribution in [0.5, 0.6) is 0 Å². The zero-order valence-electron chi connectivity index (χ0n) is 14.0. The summed E-state index contributed by atoms with van der Waals surface area (Å²) in [5.74, 6) is -1.35. The number of rotatable bonds is 5. The summed E-state index contributed by atoms with van der Waals surface area (Å²) >= 11 is 0. The third-order valence-electron chi connectivity index (χ3n) is 5.15. The van der Waals surface area contributed by atoms with E-state index >= 15 is 0 Å². The highest BCUT2D eigenvalue weighted by molar-refractivity contribution is 7.85. The van der Waals surface area contributed by atoms with Crippen molar-refractivity contribution in [1.29, 1.82) is 0 Å². The molecule has 3 fully saturated rings. The van der Waals surface area contributed by atoms with Crippen molar-refractivity contribution in [3.63, 3.8) is 0 Å². The van der Waals surface area contributed by atoms with Gasteiger partial charge >= 0.3 is 11.9 Å². The molecular weight excluding hydrogens is 364 g/mol. The van der Waals surface area contributed by atoms with Gasteiger partial charge in [-0.2, -0.15) is 8.42 Å². The highest BCUT2D eigenvalue weighted by Crippen LogP contribution is 2.47. The van der Waals surface area contributed by atoms with Gasteiger partial charge in [-0.15, -0.1) is 0 Å². The van der Waals surface area contributed by atoms with Crippen LogP contribution in [0.3, 0.4) is 0 Å². The number of aryl methyl sites for hydroxylation is 1. The normalized spacial score (nSPS) is 31.9. The maximum Gasteiger partial charge on any atom is 0.338 e. The quantitative estimate of drug-likeness (QED) is 0.595. The van der Waals surface area contributed by atoms with Crippen LogP contribution in [0.2, 0.25) is 0 Å². The van der Waals surface area contributed by atoms with E-state index in [2.05, 4.69) is 0 Å². The molecule has 3 aliphatic rings. The Morgan fingerprint density at radius 1 is 1.35 bits per heavy atom. The van der Waals surface area contributed by atoms with Crippen LogP contribution in [0.1, 0.15) is 35.7 Å². The SMILES string of the molecule is CCCc1ccc(S(=O)(=O)O)cc1C(=O)OC1C2CC3C(=O)OC1C3O2. The first kappa shape index (κ1) is 17.4. The van der Waals surface area contributed by atoms with Gasteiger partial charge in [0.1, 0.15) is 6.10 Å². The van der Waals surface area contributed by atoms with Gasteiger partial charge < -0.3 is 14.2 Å². The summed E-state index contributed by atoms with van der Waals surface area (Å²) in [6.07, 6.45) is -0.373. The predicted molar refractivity (Wildman–Crippen MR) is 86.1 cm³/mol. The zero-order chi connectivity index (χ0) is 18.6. The first-order valence-electron chi connectivity index (χ1n) is 8.47. The van der Waals surface area contributed by atoms with Crippen LogP contribution >= 0.6 is 0 Å². The molecule has 1 N–H and O–H groups in total. The highest BCUT2D eigenvalue weighted by atomic mass is 32.2. The summed E-state index contributed by atoms with van der Waals surface area (Å²) in [7, 11) is -4.44. The van der Waals surface area contributed by atoms with E-state index in [9.17, 15) is 22.6 Å². The second kappa shape index (κ2) is 6.04. The van der Waals surface area contributed by atoms with Gasteiger partial charge in [0.05, 0.1) is 22.5 Å². The van der Waals surface area contributed by atoms with E-state index < -0.39 is 34.4 Å². The molecule has 0 radical (unpaired) electrons. The van der Waals surface area contributed by atoms with Crippen LogP contribution in [0.4, 0.5) is 0 Å². The molecule has 1 aromatic rings. The highest BCUT2D eigenvalue weighted by Gasteiger charge is 2.65. The molecule has 3 saturated heterocycles. The predicted octanol–water partition coefficient (Wildman–Crippen LogP) is 1.12. The van der Waals surface area contributed by atoms with Crippen molar-refractivity contribution in [3.05, 3.63) is 29.3 Å². The van der Waals surface area contributed by atoms with Gasteiger partial charge in [-0.3, -0.25) is 9.35 Å². The van der Waals surface area contributed by atoms with Gasteiger partial charge in [0.25, 0.3) is 10.1 Å². The summed E-state index contributed by atoms with van der Waals surface area (Å²) in [6, 6.07) is 3.85. The number of ether oxygens (including phenoxy) is 3. The van der Waals surface area contributed by atoms with E-state index in [0.717, 1.165) is 12.5 Å². The monoisotopic (exact) mass is 382 g/mol. The standard InChI is InChI=1S/C17H18O8S/c1-2-3-8-4-5-9(26(20,21)22)6-10(8)16(18)24-14-12-7-11-13(23-12)15(14)25-17(11)19/h4-6,11-15H,2-3,7H2,1H3,(H,20,21,22). The van der Waals surface area contributed by atoms with Crippen molar-refractivity contribution in [2.75, 3.05) is 0 Å². The number of esters is 2. The molecule has 140 valence electrons. The number of carbonyl (C=O) groups excluding carboxylic acids is 2. The van der Waals surface area contributed by atoms with Gasteiger partial charge in [0.15, 0.2) is 12.2 Å². The van der Waals surface area contributed by atoms with Crippen molar-refractivity contribution in [2.45, 2.75) is 55.5 Å². The molecule has 0 amide bonds. The molecule has 0 saturated carbocycles. The summed E-state index contributed by atoms with van der Waals surface area (Å²) in [6.45, 7) is 1.92. The average molecular weight is 382 g/mol. The van der Waals surface area contributed by atoms with E-state index in [0.29, 0.717) is 18.4 Å². The van der Waals surface area contributed by atoms with Crippen LogP contribution < -0.4 is 0 Å². The molecule has 2 bridgehead atoms. The molecule has 1 aromatic carbocycles. The third kappa shape index (κ3) is 2.70. The zero-order valence-corrected chi connectivity index (χ0v) is 14.8. The molecule has 4 rings (SSSR count). The van der Waals surface area contributed by atoms with Crippen LogP contribution in [-0.2, 0) is 35.5 Å². The Labute approximate surface area is 150 Å². The molecule has 26 heavy (non-hydrogen) atoms. The molecule has 0 aliphatic carbocycles. The summed E-state index contributed by atoms with van der Waals surface area (Å²) < 4.78 is 48.5. The second-order valence-corrected chi connectivity index (χ2v) is 8.22. The van der Waals surface area contributed by atoms with Crippen molar-refractivity contribution >= 4 is 22.1 Å². The van der Waals surface area contributed by atoms with Gasteiger partial charge in [-0.05, 0) is 30.5 Å². The molecule has 0 spiro atoms. The van der Waals surface area contributed by atoms with Gasteiger partial charge in [0.2, 0.25) is 0 Å². The molecule has 8 nitrogen and oxygen atoms in total. The topological polar surface area (TPSA) is 116 Å². The lowest BCUT2D eigenvalue weighted by atomic mass is 9.88. The molecule has 0 aromatic heterocycles. The Balaban J connectivity index is 1.61. The smallest absolute Gasteiger partial charge is 0.338 e. The summed E-state index contributed by atoms with van der Waals surface area (Å²) in [4.78, 5) is 24.1. The first-order chi connectivity index (χ1) is 12.3. The van der Waals surface area contributed by atoms with Crippen LogP contribution in [0, 0.1) is 5.92 Å². The number of carbonyl (C=O) groups is 2. The van der Waals surface area contributed by atoms with Gasteiger partial charge in [-0.25, -0.2) is 4.79 Å². The maximum atomic E-state index is 12.7. The molecule has 5 atom stereocenters. The molecule has 3 heterocycles. The minimum Gasteiger partial charge on any atom is -0.455 e. The molecule has 9 heteroatoms. The fraction of sp³-hybridized carbons (Fsp3) is 0.529. The Morgan fingerprint density at radius 3 is 2.81 bits per heavy atom. The molecule has 5 unspecified atom stereocenters. The first-order valence-corrected chi connectivity index (χ1v) is 9.91. The van der Waals surface area contributed by atoms with Crippen LogP contribution in [0.15, 0.2) is 23.1 Å². The van der Waals surface area contributed by atoms with Crippen molar-refractivity contribution in [1.82, 2.24) is 0 Å². The second-order valence-electron chi connectivity index (χ2n) is 6.80. The maximum absolute atomic E-state index is 12.7. The number of hydrogen-bond acceptors (Lipinski definition) is 7. The van der Waals surface area contributed by atoms with Crippen LogP contribution in [0.25, 0.3) is 0 Å². The largest absolute Gasteiger partial charge is 0.455 e. The molecular formula is C17H18O8S. The number of fused-ring (bicyclic) bond motifs is 1. The van der Waals surface area contributed by atoms with Gasteiger partial charge in [-0.1, -0.05) is 19.4 Å². The van der Waals surface area contributed by atoms with E-state index in [1.54, 1.807) is 0 Å². The number of hydrogen-bond donors (Lipinski definition) is 1. The van der Waals surface area contributed by atoms with Crippen LogP contribution in [-0.4, -0.2) is 49.3 Å². The average Bonchev–Trinajstić information content (AvgIpc) is 3.19. The number of benzene rings is 1. The Bertz CT molecular complexity index is 877. The van der Waals surface area contributed by atoms with Crippen molar-refractivity contribution < 1.29 is 36.8 Å². The lowest BCUT2D eigenvalue weighted by Gasteiger charge is -2.23.